The van der Waals surface area contributed by atoms with Gasteiger partial charge in [-0.3, -0.25) is 0 Å². The molecule has 1 aliphatic rings. The lowest BCUT2D eigenvalue weighted by atomic mass is 9.78. The van der Waals surface area contributed by atoms with Gasteiger partial charge in [-0.25, -0.2) is 4.79 Å². The molecule has 0 aliphatic heterocycles. The van der Waals surface area contributed by atoms with E-state index in [1.165, 1.54) is 11.1 Å². The largest absolute Gasteiger partial charge is 0.490 e. The molecule has 0 heterocycles. The summed E-state index contributed by atoms with van der Waals surface area (Å²) < 4.78 is 22.1. The topological polar surface area (TPSA) is 54.0 Å². The van der Waals surface area contributed by atoms with E-state index in [0.717, 1.165) is 29.3 Å². The summed E-state index contributed by atoms with van der Waals surface area (Å²) in [6, 6.07) is 16.1. The highest BCUT2D eigenvalue weighted by molar-refractivity contribution is 5.86. The number of hydrogen-bond donors (Lipinski definition) is 0. The molecule has 0 N–H and O–H groups in total. The van der Waals surface area contributed by atoms with Crippen LogP contribution in [0, 0.1) is 0 Å². The highest BCUT2D eigenvalue weighted by atomic mass is 16.6. The Bertz CT molecular complexity index is 1010. The standard InChI is InChI=1S/C28H32O5/c1-20(2)27(29)33-19-17-31-25-13-9-23(10-14-25)28(4,5)22-7-11-24(12-8-22)30-16-18-32-26-15-6-21(26)3/h7-15H,1,3,6,16-19H2,2,4-5H3. The van der Waals surface area contributed by atoms with Crippen molar-refractivity contribution in [1.82, 2.24) is 0 Å². The van der Waals surface area contributed by atoms with E-state index < -0.39 is 5.97 Å². The second-order valence-corrected chi connectivity index (χ2v) is 8.51. The number of benzene rings is 2. The van der Waals surface area contributed by atoms with Gasteiger partial charge in [0, 0.05) is 11.0 Å². The van der Waals surface area contributed by atoms with Crippen LogP contribution >= 0.6 is 0 Å². The van der Waals surface area contributed by atoms with E-state index in [1.54, 1.807) is 6.92 Å². The molecule has 1 aliphatic carbocycles. The number of esters is 1. The van der Waals surface area contributed by atoms with Crippen molar-refractivity contribution in [2.75, 3.05) is 26.4 Å². The first-order valence-electron chi connectivity index (χ1n) is 11.1. The van der Waals surface area contributed by atoms with Gasteiger partial charge in [-0.05, 0) is 60.4 Å². The summed E-state index contributed by atoms with van der Waals surface area (Å²) >= 11 is 0. The molecule has 5 heteroatoms. The second kappa shape index (κ2) is 10.9. The summed E-state index contributed by atoms with van der Waals surface area (Å²) in [6.07, 6.45) is 2.94. The maximum Gasteiger partial charge on any atom is 0.333 e. The van der Waals surface area contributed by atoms with E-state index in [-0.39, 0.29) is 12.0 Å². The molecule has 0 saturated heterocycles. The molecule has 5 nitrogen and oxygen atoms in total. The second-order valence-electron chi connectivity index (χ2n) is 8.51. The number of carbonyl (C=O) groups excluding carboxylic acids is 1. The minimum absolute atomic E-state index is 0.186. The minimum atomic E-state index is -0.405. The fourth-order valence-electron chi connectivity index (χ4n) is 3.32. The normalized spacial score (nSPS) is 12.9. The lowest BCUT2D eigenvalue weighted by molar-refractivity contribution is -0.139. The SMILES string of the molecule is C=C(C)C(=O)OCCOc1ccc(C(C)(C)c2ccc(OCCOC3=CCC3=C)cc2)cc1. The van der Waals surface area contributed by atoms with Gasteiger partial charge in [0.2, 0.25) is 0 Å². The molecule has 0 amide bonds. The summed E-state index contributed by atoms with van der Waals surface area (Å²) in [7, 11) is 0. The highest BCUT2D eigenvalue weighted by Gasteiger charge is 2.23. The zero-order valence-electron chi connectivity index (χ0n) is 19.7. The summed E-state index contributed by atoms with van der Waals surface area (Å²) in [5.74, 6) is 2.03. The summed E-state index contributed by atoms with van der Waals surface area (Å²) in [5, 5.41) is 0. The average Bonchev–Trinajstić information content (AvgIpc) is 2.81. The maximum atomic E-state index is 11.4. The van der Waals surface area contributed by atoms with Crippen LogP contribution in [0.2, 0.25) is 0 Å². The number of hydrogen-bond acceptors (Lipinski definition) is 5. The van der Waals surface area contributed by atoms with Gasteiger partial charge in [0.15, 0.2) is 0 Å². The molecule has 0 radical (unpaired) electrons. The van der Waals surface area contributed by atoms with Crippen molar-refractivity contribution in [2.24, 2.45) is 0 Å². The molecule has 0 atom stereocenters. The Labute approximate surface area is 196 Å². The molecule has 0 unspecified atom stereocenters. The molecule has 0 saturated carbocycles. The van der Waals surface area contributed by atoms with Gasteiger partial charge in [-0.1, -0.05) is 51.3 Å². The van der Waals surface area contributed by atoms with Crippen LogP contribution in [0.25, 0.3) is 0 Å². The van der Waals surface area contributed by atoms with E-state index >= 15 is 0 Å². The van der Waals surface area contributed by atoms with Gasteiger partial charge in [0.1, 0.15) is 43.7 Å². The Balaban J connectivity index is 1.48. The lowest BCUT2D eigenvalue weighted by Crippen LogP contribution is -2.19. The van der Waals surface area contributed by atoms with Gasteiger partial charge in [-0.15, -0.1) is 0 Å². The highest BCUT2D eigenvalue weighted by Crippen LogP contribution is 2.33. The van der Waals surface area contributed by atoms with Crippen LogP contribution in [0.1, 0.15) is 38.3 Å². The van der Waals surface area contributed by atoms with Crippen molar-refractivity contribution in [3.8, 4) is 11.5 Å². The molecule has 33 heavy (non-hydrogen) atoms. The fourth-order valence-corrected chi connectivity index (χ4v) is 3.32. The lowest BCUT2D eigenvalue weighted by Gasteiger charge is -2.26. The van der Waals surface area contributed by atoms with E-state index in [2.05, 4.69) is 51.3 Å². The predicted octanol–water partition coefficient (Wildman–Crippen LogP) is 5.75. The summed E-state index contributed by atoms with van der Waals surface area (Å²) in [4.78, 5) is 11.4. The maximum absolute atomic E-state index is 11.4. The van der Waals surface area contributed by atoms with E-state index in [4.69, 9.17) is 18.9 Å². The Morgan fingerprint density at radius 1 is 0.848 bits per heavy atom. The number of rotatable bonds is 12. The first-order valence-corrected chi connectivity index (χ1v) is 11.1. The smallest absolute Gasteiger partial charge is 0.333 e. The van der Waals surface area contributed by atoms with Gasteiger partial charge in [0.25, 0.3) is 0 Å². The van der Waals surface area contributed by atoms with Crippen molar-refractivity contribution in [3.63, 3.8) is 0 Å². The fraction of sp³-hybridized carbons (Fsp3) is 0.321. The number of carbonyl (C=O) groups is 1. The monoisotopic (exact) mass is 448 g/mol. The molecule has 3 rings (SSSR count). The van der Waals surface area contributed by atoms with Crippen LogP contribution in [0.3, 0.4) is 0 Å². The Kier molecular flexibility index (Phi) is 7.99. The summed E-state index contributed by atoms with van der Waals surface area (Å²) in [5.41, 5.74) is 3.59. The minimum Gasteiger partial charge on any atom is -0.490 e. The summed E-state index contributed by atoms with van der Waals surface area (Å²) in [6.45, 7) is 14.9. The Morgan fingerprint density at radius 3 is 1.76 bits per heavy atom. The molecule has 0 spiro atoms. The molecule has 174 valence electrons. The van der Waals surface area contributed by atoms with Gasteiger partial charge in [-0.2, -0.15) is 0 Å². The van der Waals surface area contributed by atoms with Crippen LogP contribution in [0.4, 0.5) is 0 Å². The molecular formula is C28H32O5. The zero-order valence-corrected chi connectivity index (χ0v) is 19.7. The molecule has 2 aromatic rings. The number of allylic oxidation sites excluding steroid dienone is 2. The third-order valence-corrected chi connectivity index (χ3v) is 5.58. The van der Waals surface area contributed by atoms with Gasteiger partial charge >= 0.3 is 5.97 Å². The molecular weight excluding hydrogens is 416 g/mol. The van der Waals surface area contributed by atoms with Crippen molar-refractivity contribution in [1.29, 1.82) is 0 Å². The molecule has 0 aromatic heterocycles. The van der Waals surface area contributed by atoms with Crippen LogP contribution in [0.15, 0.2) is 84.7 Å². The third-order valence-electron chi connectivity index (χ3n) is 5.58. The van der Waals surface area contributed by atoms with Crippen LogP contribution in [0.5, 0.6) is 11.5 Å². The van der Waals surface area contributed by atoms with Crippen LogP contribution in [-0.4, -0.2) is 32.4 Å². The molecule has 0 fully saturated rings. The molecule has 0 bridgehead atoms. The third kappa shape index (κ3) is 6.51. The Hall–Kier alpha value is -3.47. The van der Waals surface area contributed by atoms with Crippen molar-refractivity contribution in [2.45, 2.75) is 32.6 Å². The van der Waals surface area contributed by atoms with Gasteiger partial charge < -0.3 is 18.9 Å². The predicted molar refractivity (Wildman–Crippen MR) is 130 cm³/mol. The van der Waals surface area contributed by atoms with Gasteiger partial charge in [0.05, 0.1) is 0 Å². The molecule has 2 aromatic carbocycles. The van der Waals surface area contributed by atoms with Crippen molar-refractivity contribution < 1.29 is 23.7 Å². The van der Waals surface area contributed by atoms with E-state index in [9.17, 15) is 4.79 Å². The quantitative estimate of drug-likeness (QED) is 0.235. The van der Waals surface area contributed by atoms with Crippen molar-refractivity contribution in [3.05, 3.63) is 95.8 Å². The average molecular weight is 449 g/mol. The van der Waals surface area contributed by atoms with Crippen molar-refractivity contribution >= 4 is 5.97 Å². The van der Waals surface area contributed by atoms with E-state index in [0.29, 0.717) is 25.4 Å². The van der Waals surface area contributed by atoms with Crippen LogP contribution < -0.4 is 9.47 Å². The first kappa shape index (κ1) is 24.2. The zero-order chi connectivity index (χ0) is 23.8. The Morgan fingerprint density at radius 2 is 1.33 bits per heavy atom. The van der Waals surface area contributed by atoms with Crippen LogP contribution in [-0.2, 0) is 19.7 Å². The first-order chi connectivity index (χ1) is 15.8. The number of ether oxygens (including phenoxy) is 4. The van der Waals surface area contributed by atoms with E-state index in [1.807, 2.05) is 30.3 Å².